The number of hydrogen-bond acceptors (Lipinski definition) is 5. The summed E-state index contributed by atoms with van der Waals surface area (Å²) in [5, 5.41) is 16.9. The number of nitrogens with one attached hydrogen (secondary N) is 1. The largest absolute Gasteiger partial charge is 0.321 e. The highest BCUT2D eigenvalue weighted by Gasteiger charge is 2.13. The van der Waals surface area contributed by atoms with Gasteiger partial charge >= 0.3 is 0 Å². The van der Waals surface area contributed by atoms with E-state index in [-0.39, 0.29) is 5.57 Å². The van der Waals surface area contributed by atoms with Crippen molar-refractivity contribution in [2.24, 2.45) is 0 Å². The molecule has 0 unspecified atom stereocenters. The molecule has 0 aliphatic rings. The summed E-state index contributed by atoms with van der Waals surface area (Å²) in [7, 11) is 0. The van der Waals surface area contributed by atoms with Gasteiger partial charge in [0.15, 0.2) is 0 Å². The van der Waals surface area contributed by atoms with Crippen molar-refractivity contribution in [3.63, 3.8) is 0 Å². The molecule has 1 aromatic carbocycles. The first-order chi connectivity index (χ1) is 12.1. The third-order valence-electron chi connectivity index (χ3n) is 3.76. The molecule has 25 heavy (non-hydrogen) atoms. The molecule has 1 N–H and O–H groups in total. The van der Waals surface area contributed by atoms with Crippen molar-refractivity contribution in [3.8, 4) is 16.0 Å². The monoisotopic (exact) mass is 365 g/mol. The second-order valence-corrected chi connectivity index (χ2v) is 7.23. The number of carbonyl (C=O) groups excluding carboxylic acids is 1. The summed E-state index contributed by atoms with van der Waals surface area (Å²) >= 11 is 3.10. The summed E-state index contributed by atoms with van der Waals surface area (Å²) in [6, 6.07) is 11.6. The van der Waals surface area contributed by atoms with Gasteiger partial charge in [0.1, 0.15) is 16.6 Å². The summed E-state index contributed by atoms with van der Waals surface area (Å²) in [5.74, 6) is -0.429. The van der Waals surface area contributed by atoms with Gasteiger partial charge in [0, 0.05) is 11.1 Å². The van der Waals surface area contributed by atoms with Crippen LogP contribution in [0.5, 0.6) is 0 Å². The molecule has 0 radical (unpaired) electrons. The number of aromatic nitrogens is 1. The van der Waals surface area contributed by atoms with E-state index in [2.05, 4.69) is 10.3 Å². The van der Waals surface area contributed by atoms with Crippen LogP contribution in [-0.2, 0) is 4.79 Å². The molecule has 0 fully saturated rings. The molecule has 6 heteroatoms. The number of benzene rings is 1. The van der Waals surface area contributed by atoms with E-state index in [0.717, 1.165) is 21.0 Å². The molecule has 4 nitrogen and oxygen atoms in total. The second-order valence-electron chi connectivity index (χ2n) is 5.43. The van der Waals surface area contributed by atoms with E-state index >= 15 is 0 Å². The molecular weight excluding hydrogens is 350 g/mol. The van der Waals surface area contributed by atoms with Crippen molar-refractivity contribution in [1.29, 1.82) is 5.26 Å². The maximum Gasteiger partial charge on any atom is 0.266 e. The van der Waals surface area contributed by atoms with Crippen LogP contribution < -0.4 is 5.32 Å². The minimum atomic E-state index is -0.429. The number of carbonyl (C=O) groups is 1. The Balaban J connectivity index is 1.82. The van der Waals surface area contributed by atoms with Crippen molar-refractivity contribution in [3.05, 3.63) is 63.5 Å². The number of anilines is 1. The molecule has 0 spiro atoms. The molecule has 0 atom stereocenters. The van der Waals surface area contributed by atoms with E-state index in [4.69, 9.17) is 0 Å². The van der Waals surface area contributed by atoms with Gasteiger partial charge in [0.25, 0.3) is 5.91 Å². The van der Waals surface area contributed by atoms with Crippen LogP contribution in [0, 0.1) is 25.2 Å². The first-order valence-corrected chi connectivity index (χ1v) is 9.33. The summed E-state index contributed by atoms with van der Waals surface area (Å²) in [5.41, 5.74) is 3.43. The molecule has 2 aromatic heterocycles. The van der Waals surface area contributed by atoms with E-state index in [9.17, 15) is 10.1 Å². The molecule has 3 rings (SSSR count). The molecule has 0 bridgehead atoms. The van der Waals surface area contributed by atoms with E-state index < -0.39 is 5.91 Å². The predicted octanol–water partition coefficient (Wildman–Crippen LogP) is 5.03. The molecule has 2 heterocycles. The number of amides is 1. The Morgan fingerprint density at radius 1 is 1.24 bits per heavy atom. The Morgan fingerprint density at radius 2 is 2.08 bits per heavy atom. The number of aryl methyl sites for hydroxylation is 1. The lowest BCUT2D eigenvalue weighted by Gasteiger charge is -2.09. The minimum absolute atomic E-state index is 0.0314. The lowest BCUT2D eigenvalue weighted by Crippen LogP contribution is -2.14. The lowest BCUT2D eigenvalue weighted by atomic mass is 10.1. The van der Waals surface area contributed by atoms with Crippen LogP contribution >= 0.6 is 22.7 Å². The van der Waals surface area contributed by atoms with Gasteiger partial charge in [-0.3, -0.25) is 4.79 Å². The number of nitrogens with zero attached hydrogens (tertiary/aromatic N) is 2. The van der Waals surface area contributed by atoms with Crippen molar-refractivity contribution in [2.45, 2.75) is 13.8 Å². The van der Waals surface area contributed by atoms with Crippen LogP contribution in [0.25, 0.3) is 16.0 Å². The maximum absolute atomic E-state index is 12.4. The summed E-state index contributed by atoms with van der Waals surface area (Å²) in [6.45, 7) is 3.92. The highest BCUT2D eigenvalue weighted by Crippen LogP contribution is 2.28. The normalized spacial score (nSPS) is 11.2. The van der Waals surface area contributed by atoms with Crippen molar-refractivity contribution in [2.75, 3.05) is 5.32 Å². The number of thiophene rings is 1. The quantitative estimate of drug-likeness (QED) is 0.521. The molecule has 1 amide bonds. The number of hydrogen-bond donors (Lipinski definition) is 1. The first-order valence-electron chi connectivity index (χ1n) is 7.57. The average Bonchev–Trinajstić information content (AvgIpc) is 3.27. The molecule has 0 saturated carbocycles. The van der Waals surface area contributed by atoms with Crippen LogP contribution in [0.15, 0.2) is 46.7 Å². The van der Waals surface area contributed by atoms with Crippen molar-refractivity contribution >= 4 is 40.3 Å². The van der Waals surface area contributed by atoms with Gasteiger partial charge in [-0.15, -0.1) is 22.7 Å². The van der Waals surface area contributed by atoms with Gasteiger partial charge in [0.05, 0.1) is 10.6 Å². The standard InChI is InChI=1S/C19H15N3OS2/c1-12-5-3-6-16(13(12)2)22-18(23)14(10-20)9-15-11-25-19(21-15)17-7-4-8-24-17/h3-9,11H,1-2H3,(H,22,23)/b14-9-. The summed E-state index contributed by atoms with van der Waals surface area (Å²) < 4.78 is 0. The molecule has 3 aromatic rings. The van der Waals surface area contributed by atoms with E-state index in [1.165, 1.54) is 17.4 Å². The average molecular weight is 365 g/mol. The number of rotatable bonds is 4. The fourth-order valence-corrected chi connectivity index (χ4v) is 3.83. The minimum Gasteiger partial charge on any atom is -0.321 e. The molecule has 124 valence electrons. The SMILES string of the molecule is Cc1cccc(NC(=O)/C(C#N)=C\c2csc(-c3cccs3)n2)c1C. The van der Waals surface area contributed by atoms with E-state index in [0.29, 0.717) is 11.4 Å². The Morgan fingerprint density at radius 3 is 2.80 bits per heavy atom. The maximum atomic E-state index is 12.4. The van der Waals surface area contributed by atoms with Crippen LogP contribution in [0.1, 0.15) is 16.8 Å². The predicted molar refractivity (Wildman–Crippen MR) is 104 cm³/mol. The number of thiazole rings is 1. The van der Waals surface area contributed by atoms with Gasteiger partial charge in [-0.05, 0) is 48.6 Å². The van der Waals surface area contributed by atoms with Gasteiger partial charge in [0.2, 0.25) is 0 Å². The van der Waals surface area contributed by atoms with E-state index in [1.54, 1.807) is 11.3 Å². The Kier molecular flexibility index (Phi) is 5.08. The Hall–Kier alpha value is -2.75. The van der Waals surface area contributed by atoms with Crippen LogP contribution in [0.3, 0.4) is 0 Å². The highest BCUT2D eigenvalue weighted by molar-refractivity contribution is 7.20. The van der Waals surface area contributed by atoms with Gasteiger partial charge in [-0.25, -0.2) is 4.98 Å². The Labute approximate surface area is 154 Å². The highest BCUT2D eigenvalue weighted by atomic mass is 32.1. The number of nitriles is 1. The van der Waals surface area contributed by atoms with Gasteiger partial charge < -0.3 is 5.32 Å². The zero-order valence-corrected chi connectivity index (χ0v) is 15.4. The smallest absolute Gasteiger partial charge is 0.266 e. The van der Waals surface area contributed by atoms with Gasteiger partial charge in [-0.1, -0.05) is 18.2 Å². The first kappa shape index (κ1) is 17.1. The molecule has 0 saturated heterocycles. The van der Waals surface area contributed by atoms with Gasteiger partial charge in [-0.2, -0.15) is 5.26 Å². The summed E-state index contributed by atoms with van der Waals surface area (Å²) in [4.78, 5) is 18.0. The molecule has 0 aliphatic heterocycles. The summed E-state index contributed by atoms with van der Waals surface area (Å²) in [6.07, 6.45) is 1.52. The zero-order chi connectivity index (χ0) is 17.8. The van der Waals surface area contributed by atoms with Crippen LogP contribution in [0.2, 0.25) is 0 Å². The molecule has 0 aliphatic carbocycles. The fourth-order valence-electron chi connectivity index (χ4n) is 2.24. The fraction of sp³-hybridized carbons (Fsp3) is 0.105. The zero-order valence-electron chi connectivity index (χ0n) is 13.7. The second kappa shape index (κ2) is 7.43. The Bertz CT molecular complexity index is 979. The van der Waals surface area contributed by atoms with Crippen molar-refractivity contribution in [1.82, 2.24) is 4.98 Å². The van der Waals surface area contributed by atoms with Crippen LogP contribution in [-0.4, -0.2) is 10.9 Å². The third kappa shape index (κ3) is 3.85. The topological polar surface area (TPSA) is 65.8 Å². The van der Waals surface area contributed by atoms with Crippen molar-refractivity contribution < 1.29 is 4.79 Å². The van der Waals surface area contributed by atoms with Crippen LogP contribution in [0.4, 0.5) is 5.69 Å². The van der Waals surface area contributed by atoms with E-state index in [1.807, 2.05) is 61.0 Å². The lowest BCUT2D eigenvalue weighted by molar-refractivity contribution is -0.112. The molecular formula is C19H15N3OS2. The third-order valence-corrected chi connectivity index (χ3v) is 5.66.